The smallest absolute Gasteiger partial charge is 0.101 e. The van der Waals surface area contributed by atoms with Crippen LogP contribution in [0.25, 0.3) is 10.1 Å². The van der Waals surface area contributed by atoms with E-state index in [1.165, 1.54) is 11.3 Å². The van der Waals surface area contributed by atoms with E-state index >= 15 is 0 Å². The van der Waals surface area contributed by atoms with Crippen molar-refractivity contribution in [2.75, 3.05) is 0 Å². The third-order valence-electron chi connectivity index (χ3n) is 1.69. The van der Waals surface area contributed by atoms with Crippen molar-refractivity contribution in [2.24, 2.45) is 0 Å². The van der Waals surface area contributed by atoms with Crippen LogP contribution in [0.1, 0.15) is 5.56 Å². The van der Waals surface area contributed by atoms with E-state index < -0.39 is 0 Å². The summed E-state index contributed by atoms with van der Waals surface area (Å²) in [7, 11) is 0. The Morgan fingerprint density at radius 1 is 1.38 bits per heavy atom. The molecule has 0 atom stereocenters. The van der Waals surface area contributed by atoms with Crippen LogP contribution in [0, 0.1) is 11.3 Å². The number of nitrogens with zero attached hydrogens (tertiary/aromatic N) is 1. The summed E-state index contributed by atoms with van der Waals surface area (Å²) in [5.74, 6) is 0. The van der Waals surface area contributed by atoms with Crippen LogP contribution in [0.2, 0.25) is 4.34 Å². The highest BCUT2D eigenvalue weighted by Gasteiger charge is 2.05. The lowest BCUT2D eigenvalue weighted by molar-refractivity contribution is 1.46. The highest BCUT2D eigenvalue weighted by Crippen LogP contribution is 2.33. The lowest BCUT2D eigenvalue weighted by Gasteiger charge is -1.94. The van der Waals surface area contributed by atoms with Gasteiger partial charge >= 0.3 is 0 Å². The number of thiol groups is 1. The van der Waals surface area contributed by atoms with Gasteiger partial charge in [0, 0.05) is 4.90 Å². The maximum Gasteiger partial charge on any atom is 0.101 e. The molecule has 1 aromatic heterocycles. The molecule has 13 heavy (non-hydrogen) atoms. The van der Waals surface area contributed by atoms with Gasteiger partial charge < -0.3 is 0 Å². The van der Waals surface area contributed by atoms with Crippen LogP contribution < -0.4 is 0 Å². The molecule has 0 aliphatic heterocycles. The molecule has 64 valence electrons. The number of nitriles is 1. The standard InChI is InChI=1S/C9H4ClNS2/c10-8-3-5-1-7(12)2-6(4-11)9(5)13-8/h1-3,12H. The average Bonchev–Trinajstić information content (AvgIpc) is 2.43. The van der Waals surface area contributed by atoms with Crippen LogP contribution in [-0.4, -0.2) is 0 Å². The monoisotopic (exact) mass is 225 g/mol. The van der Waals surface area contributed by atoms with Crippen LogP contribution in [-0.2, 0) is 0 Å². The molecular weight excluding hydrogens is 222 g/mol. The highest BCUT2D eigenvalue weighted by molar-refractivity contribution is 7.80. The highest BCUT2D eigenvalue weighted by atomic mass is 35.5. The summed E-state index contributed by atoms with van der Waals surface area (Å²) in [4.78, 5) is 0.790. The molecule has 0 aliphatic carbocycles. The summed E-state index contributed by atoms with van der Waals surface area (Å²) in [5.41, 5.74) is 0.638. The first kappa shape index (κ1) is 8.89. The van der Waals surface area contributed by atoms with E-state index in [0.29, 0.717) is 9.90 Å². The molecule has 0 fully saturated rings. The molecule has 0 bridgehead atoms. The Labute approximate surface area is 90.0 Å². The van der Waals surface area contributed by atoms with Gasteiger partial charge in [0.05, 0.1) is 14.6 Å². The van der Waals surface area contributed by atoms with Gasteiger partial charge in [-0.1, -0.05) is 11.6 Å². The van der Waals surface area contributed by atoms with E-state index in [1.54, 1.807) is 6.07 Å². The molecule has 0 spiro atoms. The van der Waals surface area contributed by atoms with Crippen LogP contribution in [0.4, 0.5) is 0 Å². The minimum absolute atomic E-state index is 0.638. The van der Waals surface area contributed by atoms with Crippen molar-refractivity contribution in [3.63, 3.8) is 0 Å². The Morgan fingerprint density at radius 2 is 2.15 bits per heavy atom. The topological polar surface area (TPSA) is 23.8 Å². The van der Waals surface area contributed by atoms with Gasteiger partial charge in [0.15, 0.2) is 0 Å². The van der Waals surface area contributed by atoms with Crippen LogP contribution >= 0.6 is 35.6 Å². The first-order chi connectivity index (χ1) is 6.20. The number of halogens is 1. The second-order valence-electron chi connectivity index (χ2n) is 2.57. The van der Waals surface area contributed by atoms with E-state index in [-0.39, 0.29) is 0 Å². The largest absolute Gasteiger partial charge is 0.192 e. The van der Waals surface area contributed by atoms with Crippen molar-refractivity contribution in [1.29, 1.82) is 5.26 Å². The molecule has 1 aromatic carbocycles. The third kappa shape index (κ3) is 1.53. The summed E-state index contributed by atoms with van der Waals surface area (Å²) in [6.07, 6.45) is 0. The van der Waals surface area contributed by atoms with Gasteiger partial charge in [-0.2, -0.15) is 5.26 Å². The average molecular weight is 226 g/mol. The molecule has 1 nitrogen and oxygen atoms in total. The van der Waals surface area contributed by atoms with Crippen molar-refractivity contribution < 1.29 is 0 Å². The van der Waals surface area contributed by atoms with Gasteiger partial charge in [-0.05, 0) is 23.6 Å². The van der Waals surface area contributed by atoms with Crippen LogP contribution in [0.3, 0.4) is 0 Å². The van der Waals surface area contributed by atoms with E-state index in [1.807, 2.05) is 12.1 Å². The van der Waals surface area contributed by atoms with Gasteiger partial charge in [-0.3, -0.25) is 0 Å². The SMILES string of the molecule is N#Cc1cc(S)cc2cc(Cl)sc12. The number of hydrogen-bond donors (Lipinski definition) is 1. The first-order valence-corrected chi connectivity index (χ1v) is 5.17. The molecule has 2 rings (SSSR count). The van der Waals surface area contributed by atoms with Crippen molar-refractivity contribution in [3.8, 4) is 6.07 Å². The van der Waals surface area contributed by atoms with Crippen molar-refractivity contribution in [2.45, 2.75) is 4.90 Å². The second-order valence-corrected chi connectivity index (χ2v) is 4.77. The third-order valence-corrected chi connectivity index (χ3v) is 3.26. The fourth-order valence-electron chi connectivity index (χ4n) is 1.19. The zero-order valence-electron chi connectivity index (χ0n) is 6.41. The zero-order chi connectivity index (χ0) is 9.42. The van der Waals surface area contributed by atoms with Gasteiger partial charge in [0.25, 0.3) is 0 Å². The van der Waals surface area contributed by atoms with E-state index in [4.69, 9.17) is 16.9 Å². The van der Waals surface area contributed by atoms with Crippen LogP contribution in [0.15, 0.2) is 23.1 Å². The molecule has 0 amide bonds. The minimum atomic E-state index is 0.638. The van der Waals surface area contributed by atoms with Crippen LogP contribution in [0.5, 0.6) is 0 Å². The lowest BCUT2D eigenvalue weighted by atomic mass is 10.2. The Balaban J connectivity index is 2.90. The summed E-state index contributed by atoms with van der Waals surface area (Å²) >= 11 is 11.5. The summed E-state index contributed by atoms with van der Waals surface area (Å²) in [5, 5.41) is 9.83. The van der Waals surface area contributed by atoms with Crippen molar-refractivity contribution >= 4 is 45.7 Å². The predicted octanol–water partition coefficient (Wildman–Crippen LogP) is 3.72. The predicted molar refractivity (Wildman–Crippen MR) is 58.8 cm³/mol. The molecule has 0 saturated carbocycles. The van der Waals surface area contributed by atoms with Crippen molar-refractivity contribution in [1.82, 2.24) is 0 Å². The lowest BCUT2D eigenvalue weighted by Crippen LogP contribution is -1.74. The Hall–Kier alpha value is -0.690. The van der Waals surface area contributed by atoms with Gasteiger partial charge in [0.2, 0.25) is 0 Å². The Kier molecular flexibility index (Phi) is 2.20. The summed E-state index contributed by atoms with van der Waals surface area (Å²) < 4.78 is 1.63. The fraction of sp³-hybridized carbons (Fsp3) is 0. The Morgan fingerprint density at radius 3 is 2.85 bits per heavy atom. The normalized spacial score (nSPS) is 10.2. The molecule has 2 aromatic rings. The molecule has 0 unspecified atom stereocenters. The molecule has 1 heterocycles. The maximum absolute atomic E-state index is 8.85. The van der Waals surface area contributed by atoms with E-state index in [2.05, 4.69) is 18.7 Å². The second kappa shape index (κ2) is 3.22. The molecule has 0 N–H and O–H groups in total. The van der Waals surface area contributed by atoms with E-state index in [0.717, 1.165) is 15.0 Å². The summed E-state index contributed by atoms with van der Waals surface area (Å²) in [6.45, 7) is 0. The zero-order valence-corrected chi connectivity index (χ0v) is 8.88. The molecule has 4 heteroatoms. The number of fused-ring (bicyclic) bond motifs is 1. The Bertz CT molecular complexity index is 510. The molecule has 0 aliphatic rings. The first-order valence-electron chi connectivity index (χ1n) is 3.53. The number of thiophene rings is 1. The van der Waals surface area contributed by atoms with Gasteiger partial charge in [0.1, 0.15) is 6.07 Å². The fourth-order valence-corrected chi connectivity index (χ4v) is 2.64. The number of rotatable bonds is 0. The van der Waals surface area contributed by atoms with Gasteiger partial charge in [-0.25, -0.2) is 0 Å². The molecule has 0 radical (unpaired) electrons. The minimum Gasteiger partial charge on any atom is -0.192 e. The van der Waals surface area contributed by atoms with Crippen molar-refractivity contribution in [3.05, 3.63) is 28.1 Å². The summed E-state index contributed by atoms with van der Waals surface area (Å²) in [6, 6.07) is 7.63. The number of hydrogen-bond acceptors (Lipinski definition) is 3. The molecular formula is C9H4ClNS2. The number of benzene rings is 1. The quantitative estimate of drug-likeness (QED) is 0.679. The maximum atomic E-state index is 8.85. The van der Waals surface area contributed by atoms with Gasteiger partial charge in [-0.15, -0.1) is 24.0 Å². The molecule has 0 saturated heterocycles. The van der Waals surface area contributed by atoms with E-state index in [9.17, 15) is 0 Å².